The monoisotopic (exact) mass is 154 g/mol. The fourth-order valence-electron chi connectivity index (χ4n) is 0.803. The van der Waals surface area contributed by atoms with Crippen molar-refractivity contribution in [1.29, 1.82) is 0 Å². The molecule has 10 heavy (non-hydrogen) atoms. The molecule has 0 N–H and O–H groups in total. The van der Waals surface area contributed by atoms with E-state index in [0.29, 0.717) is 5.92 Å². The lowest BCUT2D eigenvalue weighted by atomic mass is 10.2. The Morgan fingerprint density at radius 3 is 2.60 bits per heavy atom. The number of thioether (sulfide) groups is 1. The molecule has 0 saturated heterocycles. The topological polar surface area (TPSA) is 17.1 Å². The predicted octanol–water partition coefficient (Wildman–Crippen LogP) is 2.01. The van der Waals surface area contributed by atoms with Gasteiger partial charge in [0.25, 0.3) is 0 Å². The third-order valence-corrected chi connectivity index (χ3v) is 2.26. The third-order valence-electron chi connectivity index (χ3n) is 1.31. The molecule has 1 aliphatic rings. The van der Waals surface area contributed by atoms with Crippen LogP contribution in [0.4, 0.5) is 0 Å². The van der Waals surface area contributed by atoms with Gasteiger partial charge in [-0.1, -0.05) is 36.1 Å². The van der Waals surface area contributed by atoms with E-state index >= 15 is 0 Å². The van der Waals surface area contributed by atoms with Gasteiger partial charge >= 0.3 is 0 Å². The van der Waals surface area contributed by atoms with Crippen LogP contribution in [0.1, 0.15) is 6.92 Å². The van der Waals surface area contributed by atoms with Gasteiger partial charge in [-0.25, -0.2) is 0 Å². The van der Waals surface area contributed by atoms with Gasteiger partial charge in [0, 0.05) is 18.6 Å². The molecular formula is C8H10OS. The summed E-state index contributed by atoms with van der Waals surface area (Å²) in [6.45, 7) is 1.60. The summed E-state index contributed by atoms with van der Waals surface area (Å²) in [6.07, 6.45) is 8.25. The zero-order chi connectivity index (χ0) is 7.40. The highest BCUT2D eigenvalue weighted by Gasteiger charge is 2.04. The molecule has 0 aromatic carbocycles. The summed E-state index contributed by atoms with van der Waals surface area (Å²) in [4.78, 5) is 10.5. The second kappa shape index (κ2) is 3.62. The maximum absolute atomic E-state index is 10.5. The van der Waals surface area contributed by atoms with Crippen molar-refractivity contribution in [2.75, 3.05) is 5.75 Å². The minimum absolute atomic E-state index is 0.203. The maximum atomic E-state index is 10.5. The lowest BCUT2D eigenvalue weighted by molar-refractivity contribution is -0.109. The number of hydrogen-bond acceptors (Lipinski definition) is 2. The van der Waals surface area contributed by atoms with Crippen LogP contribution in [0.3, 0.4) is 0 Å². The van der Waals surface area contributed by atoms with Crippen LogP contribution in [0, 0.1) is 5.92 Å². The van der Waals surface area contributed by atoms with Crippen molar-refractivity contribution in [3.63, 3.8) is 0 Å². The van der Waals surface area contributed by atoms with Crippen molar-refractivity contribution in [2.45, 2.75) is 6.92 Å². The largest absolute Gasteiger partial charge is 0.288 e. The zero-order valence-electron chi connectivity index (χ0n) is 5.91. The number of carbonyl (C=O) groups excluding carboxylic acids is 1. The first-order valence-corrected chi connectivity index (χ1v) is 4.26. The molecule has 2 heteroatoms. The van der Waals surface area contributed by atoms with Gasteiger partial charge in [0.15, 0.2) is 5.12 Å². The fourth-order valence-corrected chi connectivity index (χ4v) is 1.45. The summed E-state index contributed by atoms with van der Waals surface area (Å²) in [5.41, 5.74) is 0. The minimum atomic E-state index is 0.203. The third kappa shape index (κ3) is 2.40. The Hall–Kier alpha value is -0.500. The lowest BCUT2D eigenvalue weighted by Gasteiger charge is -2.00. The highest BCUT2D eigenvalue weighted by Crippen LogP contribution is 2.15. The van der Waals surface area contributed by atoms with E-state index in [2.05, 4.69) is 12.2 Å². The van der Waals surface area contributed by atoms with Gasteiger partial charge < -0.3 is 0 Å². The molecule has 0 radical (unpaired) electrons. The Morgan fingerprint density at radius 2 is 2.10 bits per heavy atom. The van der Waals surface area contributed by atoms with Gasteiger partial charge in [0.2, 0.25) is 0 Å². The second-order valence-electron chi connectivity index (χ2n) is 2.24. The first kappa shape index (κ1) is 7.61. The number of allylic oxidation sites excluding steroid dienone is 4. The molecule has 0 unspecified atom stereocenters. The van der Waals surface area contributed by atoms with Crippen LogP contribution >= 0.6 is 11.8 Å². The summed E-state index contributed by atoms with van der Waals surface area (Å²) < 4.78 is 0. The Morgan fingerprint density at radius 1 is 1.50 bits per heavy atom. The summed E-state index contributed by atoms with van der Waals surface area (Å²) in [5, 5.41) is 0.203. The van der Waals surface area contributed by atoms with Crippen LogP contribution < -0.4 is 0 Å². The highest BCUT2D eigenvalue weighted by molar-refractivity contribution is 8.13. The quantitative estimate of drug-likeness (QED) is 0.605. The van der Waals surface area contributed by atoms with Gasteiger partial charge in [-0.3, -0.25) is 4.79 Å². The number of hydrogen-bond donors (Lipinski definition) is 0. The fraction of sp³-hybridized carbons (Fsp3) is 0.375. The molecule has 1 aliphatic carbocycles. The van der Waals surface area contributed by atoms with E-state index in [0.717, 1.165) is 5.75 Å². The Bertz CT molecular complexity index is 170. The van der Waals surface area contributed by atoms with Gasteiger partial charge in [-0.2, -0.15) is 0 Å². The van der Waals surface area contributed by atoms with E-state index in [1.54, 1.807) is 6.92 Å². The van der Waals surface area contributed by atoms with Gasteiger partial charge in [0.05, 0.1) is 0 Å². The molecule has 0 atom stereocenters. The lowest BCUT2D eigenvalue weighted by Crippen LogP contribution is -1.95. The molecule has 0 aromatic rings. The molecule has 54 valence electrons. The minimum Gasteiger partial charge on any atom is -0.288 e. The van der Waals surface area contributed by atoms with E-state index in [-0.39, 0.29) is 5.12 Å². The van der Waals surface area contributed by atoms with Crippen LogP contribution in [0.15, 0.2) is 24.3 Å². The summed E-state index contributed by atoms with van der Waals surface area (Å²) in [6, 6.07) is 0. The first-order valence-electron chi connectivity index (χ1n) is 3.27. The molecule has 0 aromatic heterocycles. The second-order valence-corrected chi connectivity index (χ2v) is 3.43. The average Bonchev–Trinajstić information content (AvgIpc) is 2.34. The van der Waals surface area contributed by atoms with Gasteiger partial charge in [0.1, 0.15) is 0 Å². The van der Waals surface area contributed by atoms with E-state index < -0.39 is 0 Å². The van der Waals surface area contributed by atoms with Crippen LogP contribution in [-0.2, 0) is 4.79 Å². The molecular weight excluding hydrogens is 144 g/mol. The van der Waals surface area contributed by atoms with Crippen molar-refractivity contribution in [2.24, 2.45) is 5.92 Å². The molecule has 0 saturated carbocycles. The number of rotatable bonds is 2. The predicted molar refractivity (Wildman–Crippen MR) is 44.9 cm³/mol. The van der Waals surface area contributed by atoms with Crippen molar-refractivity contribution in [3.8, 4) is 0 Å². The molecule has 0 heterocycles. The van der Waals surface area contributed by atoms with Crippen molar-refractivity contribution < 1.29 is 4.79 Å². The molecule has 0 amide bonds. The summed E-state index contributed by atoms with van der Waals surface area (Å²) in [7, 11) is 0. The van der Waals surface area contributed by atoms with Crippen molar-refractivity contribution in [1.82, 2.24) is 0 Å². The van der Waals surface area contributed by atoms with Crippen LogP contribution in [-0.4, -0.2) is 10.9 Å². The Balaban J connectivity index is 2.20. The van der Waals surface area contributed by atoms with Crippen molar-refractivity contribution in [3.05, 3.63) is 24.3 Å². The summed E-state index contributed by atoms with van der Waals surface area (Å²) in [5.74, 6) is 1.37. The van der Waals surface area contributed by atoms with Gasteiger partial charge in [-0.15, -0.1) is 0 Å². The maximum Gasteiger partial charge on any atom is 0.185 e. The van der Waals surface area contributed by atoms with E-state index in [1.807, 2.05) is 12.2 Å². The molecule has 0 spiro atoms. The summed E-state index contributed by atoms with van der Waals surface area (Å²) >= 11 is 1.39. The molecule has 0 fully saturated rings. The van der Waals surface area contributed by atoms with Gasteiger partial charge in [-0.05, 0) is 0 Å². The zero-order valence-corrected chi connectivity index (χ0v) is 6.73. The average molecular weight is 154 g/mol. The Kier molecular flexibility index (Phi) is 2.75. The molecule has 1 nitrogen and oxygen atoms in total. The SMILES string of the molecule is CC(=O)SCC1C=CC=C1. The molecule has 0 bridgehead atoms. The molecule has 1 rings (SSSR count). The Labute approximate surface area is 65.2 Å². The van der Waals surface area contributed by atoms with E-state index in [9.17, 15) is 4.79 Å². The normalized spacial score (nSPS) is 16.5. The van der Waals surface area contributed by atoms with E-state index in [1.165, 1.54) is 11.8 Å². The van der Waals surface area contributed by atoms with Crippen LogP contribution in [0.5, 0.6) is 0 Å². The standard InChI is InChI=1S/C8H10OS/c1-7(9)10-6-8-4-2-3-5-8/h2-5,8H,6H2,1H3. The van der Waals surface area contributed by atoms with Crippen LogP contribution in [0.2, 0.25) is 0 Å². The van der Waals surface area contributed by atoms with Crippen molar-refractivity contribution >= 4 is 16.9 Å². The van der Waals surface area contributed by atoms with E-state index in [4.69, 9.17) is 0 Å². The molecule has 0 aliphatic heterocycles. The highest BCUT2D eigenvalue weighted by atomic mass is 32.2. The number of carbonyl (C=O) groups is 1. The first-order chi connectivity index (χ1) is 4.79. The van der Waals surface area contributed by atoms with Crippen LogP contribution in [0.25, 0.3) is 0 Å². The smallest absolute Gasteiger partial charge is 0.185 e.